The summed E-state index contributed by atoms with van der Waals surface area (Å²) >= 11 is 12.0. The average Bonchev–Trinajstić information content (AvgIpc) is 2.43. The Bertz CT molecular complexity index is 517. The third-order valence-electron chi connectivity index (χ3n) is 2.48. The quantitative estimate of drug-likeness (QED) is 0.426. The predicted molar refractivity (Wildman–Crippen MR) is 86.5 cm³/mol. The summed E-state index contributed by atoms with van der Waals surface area (Å²) in [6.07, 6.45) is 0.410. The van der Waals surface area contributed by atoms with Crippen LogP contribution in [0.25, 0.3) is 0 Å². The van der Waals surface area contributed by atoms with Crippen LogP contribution in [0, 0.1) is 0 Å². The number of carbonyl (C=O) groups is 1. The molecule has 1 aromatic carbocycles. The van der Waals surface area contributed by atoms with Crippen LogP contribution in [0.4, 0.5) is 0 Å². The number of esters is 1. The van der Waals surface area contributed by atoms with Crippen LogP contribution < -0.4 is 10.0 Å². The first-order valence-electron chi connectivity index (χ1n) is 6.66. The van der Waals surface area contributed by atoms with E-state index in [1.807, 2.05) is 6.92 Å². The van der Waals surface area contributed by atoms with Crippen LogP contribution in [0.1, 0.15) is 27.2 Å². The van der Waals surface area contributed by atoms with Crippen molar-refractivity contribution < 1.29 is 18.8 Å². The molecule has 0 fully saturated rings. The molecule has 1 atom stereocenters. The van der Waals surface area contributed by atoms with E-state index in [0.29, 0.717) is 17.7 Å². The van der Waals surface area contributed by atoms with E-state index >= 15 is 0 Å². The van der Waals surface area contributed by atoms with Gasteiger partial charge in [-0.2, -0.15) is 0 Å². The number of hydrogen-bond donors (Lipinski definition) is 0. The maximum atomic E-state index is 12.6. The minimum atomic E-state index is -2.87. The fourth-order valence-corrected chi connectivity index (χ4v) is 3.45. The highest BCUT2D eigenvalue weighted by atomic mass is 35.5. The first-order chi connectivity index (χ1) is 9.80. The molecule has 4 nitrogen and oxygen atoms in total. The molecule has 0 saturated carbocycles. The second-order valence-corrected chi connectivity index (χ2v) is 8.61. The van der Waals surface area contributed by atoms with Gasteiger partial charge in [0.15, 0.2) is 7.80 Å². The number of para-hydroxylation sites is 1. The molecule has 0 N–H and O–H groups in total. The van der Waals surface area contributed by atoms with Crippen molar-refractivity contribution in [3.63, 3.8) is 0 Å². The summed E-state index contributed by atoms with van der Waals surface area (Å²) < 4.78 is 21.0. The van der Waals surface area contributed by atoms with E-state index in [0.717, 1.165) is 6.42 Å². The number of alkyl halides is 2. The number of ether oxygens (including phenoxy) is 2. The molecule has 118 valence electrons. The van der Waals surface area contributed by atoms with E-state index in [4.69, 9.17) is 32.7 Å². The largest absolute Gasteiger partial charge is 0.493 e. The van der Waals surface area contributed by atoms with Gasteiger partial charge in [0.05, 0.1) is 18.0 Å². The Kier molecular flexibility index (Phi) is 7.05. The third kappa shape index (κ3) is 4.91. The van der Waals surface area contributed by atoms with Gasteiger partial charge in [-0.1, -0.05) is 42.3 Å². The summed E-state index contributed by atoms with van der Waals surface area (Å²) in [7, 11) is -2.87. The molecule has 0 radical (unpaired) electrons. The Morgan fingerprint density at radius 2 is 1.95 bits per heavy atom. The summed E-state index contributed by atoms with van der Waals surface area (Å²) in [6, 6.07) is 6.70. The lowest BCUT2D eigenvalue weighted by molar-refractivity contribution is -0.146. The molecule has 0 amide bonds. The first kappa shape index (κ1) is 18.3. The highest BCUT2D eigenvalue weighted by Crippen LogP contribution is 2.48. The molecule has 1 aromatic rings. The van der Waals surface area contributed by atoms with Crippen molar-refractivity contribution in [1.29, 1.82) is 0 Å². The Morgan fingerprint density at radius 1 is 1.33 bits per heavy atom. The van der Waals surface area contributed by atoms with Crippen LogP contribution in [0.15, 0.2) is 24.3 Å². The van der Waals surface area contributed by atoms with E-state index in [-0.39, 0.29) is 0 Å². The Balaban J connectivity index is 3.04. The van der Waals surface area contributed by atoms with Gasteiger partial charge < -0.3 is 14.0 Å². The zero-order valence-corrected chi connectivity index (χ0v) is 14.7. The smallest absolute Gasteiger partial charge is 0.350 e. The highest BCUT2D eigenvalue weighted by Gasteiger charge is 2.44. The number of carbonyl (C=O) groups excluding carboxylic acids is 1. The minimum Gasteiger partial charge on any atom is -0.493 e. The molecule has 21 heavy (non-hydrogen) atoms. The number of benzene rings is 1. The fourth-order valence-electron chi connectivity index (χ4n) is 1.54. The average molecular weight is 353 g/mol. The Labute approximate surface area is 135 Å². The van der Waals surface area contributed by atoms with Gasteiger partial charge in [-0.05, 0) is 32.4 Å². The molecule has 0 aliphatic rings. The molecule has 0 aliphatic carbocycles. The van der Waals surface area contributed by atoms with Crippen molar-refractivity contribution in [3.05, 3.63) is 24.3 Å². The van der Waals surface area contributed by atoms with E-state index in [2.05, 4.69) is 0 Å². The topological polar surface area (TPSA) is 52.6 Å². The lowest BCUT2D eigenvalue weighted by Crippen LogP contribution is -2.30. The normalized spacial score (nSPS) is 13.0. The summed E-state index contributed by atoms with van der Waals surface area (Å²) in [4.78, 5) is 11.9. The van der Waals surface area contributed by atoms with Crippen LogP contribution in [-0.2, 0) is 14.1 Å². The van der Waals surface area contributed by atoms with Gasteiger partial charge in [0.2, 0.25) is 0 Å². The molecule has 0 spiro atoms. The van der Waals surface area contributed by atoms with E-state index in [1.54, 1.807) is 38.1 Å². The van der Waals surface area contributed by atoms with E-state index < -0.39 is 23.9 Å². The standard InChI is InChI=1S/C14H19Cl2O4P/c1-4-9-19-11-7-5-6-8-12(11)21(18)14(15,16)13(17)20-10(2)3/h5-8,10,21H,4,9H2,1-3H3. The van der Waals surface area contributed by atoms with Crippen molar-refractivity contribution in [2.24, 2.45) is 0 Å². The van der Waals surface area contributed by atoms with Gasteiger partial charge in [-0.15, -0.1) is 0 Å². The predicted octanol–water partition coefficient (Wildman–Crippen LogP) is 3.74. The zero-order valence-electron chi connectivity index (χ0n) is 12.2. The Hall–Kier alpha value is -0.700. The Morgan fingerprint density at radius 3 is 2.52 bits per heavy atom. The lowest BCUT2D eigenvalue weighted by atomic mass is 10.3. The van der Waals surface area contributed by atoms with Crippen molar-refractivity contribution in [2.75, 3.05) is 6.61 Å². The number of halogens is 2. The van der Waals surface area contributed by atoms with Gasteiger partial charge in [0.1, 0.15) is 5.75 Å². The summed E-state index contributed by atoms with van der Waals surface area (Å²) in [5.74, 6) is -0.485. The van der Waals surface area contributed by atoms with Crippen LogP contribution in [0.3, 0.4) is 0 Å². The molecule has 0 heterocycles. The molecule has 0 aliphatic heterocycles. The second-order valence-electron chi connectivity index (χ2n) is 4.70. The minimum absolute atomic E-state index is 0.335. The first-order valence-corrected chi connectivity index (χ1v) is 8.82. The second kappa shape index (κ2) is 8.07. The van der Waals surface area contributed by atoms with Crippen LogP contribution in [0.5, 0.6) is 5.75 Å². The monoisotopic (exact) mass is 352 g/mol. The van der Waals surface area contributed by atoms with E-state index in [9.17, 15) is 9.36 Å². The molecule has 0 bridgehead atoms. The van der Waals surface area contributed by atoms with Gasteiger partial charge >= 0.3 is 5.97 Å². The maximum absolute atomic E-state index is 12.6. The molecule has 7 heteroatoms. The van der Waals surface area contributed by atoms with Gasteiger partial charge in [-0.25, -0.2) is 4.79 Å². The maximum Gasteiger partial charge on any atom is 0.350 e. The van der Waals surface area contributed by atoms with Crippen molar-refractivity contribution in [1.82, 2.24) is 0 Å². The summed E-state index contributed by atoms with van der Waals surface area (Å²) in [5.41, 5.74) is 0. The van der Waals surface area contributed by atoms with Crippen LogP contribution in [-0.4, -0.2) is 22.8 Å². The third-order valence-corrected chi connectivity index (χ3v) is 5.49. The highest BCUT2D eigenvalue weighted by molar-refractivity contribution is 7.61. The summed E-state index contributed by atoms with van der Waals surface area (Å²) in [5, 5.41) is 0.335. The zero-order chi connectivity index (χ0) is 16.0. The lowest BCUT2D eigenvalue weighted by Gasteiger charge is -2.21. The van der Waals surface area contributed by atoms with Crippen molar-refractivity contribution in [2.45, 2.75) is 37.4 Å². The summed E-state index contributed by atoms with van der Waals surface area (Å²) in [6.45, 7) is 5.76. The van der Waals surface area contributed by atoms with Gasteiger partial charge in [-0.3, -0.25) is 0 Å². The van der Waals surface area contributed by atoms with Crippen molar-refractivity contribution >= 4 is 42.3 Å². The van der Waals surface area contributed by atoms with Crippen LogP contribution in [0.2, 0.25) is 0 Å². The number of hydrogen-bond acceptors (Lipinski definition) is 4. The fraction of sp³-hybridized carbons (Fsp3) is 0.500. The van der Waals surface area contributed by atoms with Gasteiger partial charge in [0, 0.05) is 0 Å². The SMILES string of the molecule is CCCOc1ccccc1[PH](=O)C(Cl)(Cl)C(=O)OC(C)C. The molecular formula is C14H19Cl2O4P. The van der Waals surface area contributed by atoms with Crippen molar-refractivity contribution in [3.8, 4) is 5.75 Å². The number of rotatable bonds is 7. The van der Waals surface area contributed by atoms with Crippen LogP contribution >= 0.6 is 31.0 Å². The molecular weight excluding hydrogens is 334 g/mol. The molecule has 0 aromatic heterocycles. The molecule has 1 rings (SSSR count). The molecule has 1 unspecified atom stereocenters. The molecule has 0 saturated heterocycles. The van der Waals surface area contributed by atoms with Gasteiger partial charge in [0.25, 0.3) is 4.07 Å². The van der Waals surface area contributed by atoms with E-state index in [1.165, 1.54) is 0 Å².